The zero-order valence-corrected chi connectivity index (χ0v) is 13.6. The monoisotopic (exact) mass is 326 g/mol. The van der Waals surface area contributed by atoms with Gasteiger partial charge in [-0.25, -0.2) is 0 Å². The molecular formula is C19H22N2O3. The summed E-state index contributed by atoms with van der Waals surface area (Å²) >= 11 is 0. The lowest BCUT2D eigenvalue weighted by molar-refractivity contribution is -0.00529. The summed E-state index contributed by atoms with van der Waals surface area (Å²) in [4.78, 5) is 29.6. The Balaban J connectivity index is 1.70. The number of para-hydroxylation sites is 1. The highest BCUT2D eigenvalue weighted by Crippen LogP contribution is 2.45. The maximum Gasteiger partial charge on any atom is 0.254 e. The van der Waals surface area contributed by atoms with Gasteiger partial charge in [0.15, 0.2) is 0 Å². The maximum absolute atomic E-state index is 13.1. The molecule has 4 rings (SSSR count). The molecule has 2 aliphatic rings. The fourth-order valence-corrected chi connectivity index (χ4v) is 4.48. The first kappa shape index (κ1) is 15.4. The van der Waals surface area contributed by atoms with Gasteiger partial charge in [0.2, 0.25) is 5.56 Å². The number of aromatic nitrogens is 1. The summed E-state index contributed by atoms with van der Waals surface area (Å²) in [6.07, 6.45) is 4.41. The number of piperidine rings is 1. The van der Waals surface area contributed by atoms with Crippen LogP contribution in [0, 0.1) is 5.41 Å². The van der Waals surface area contributed by atoms with E-state index in [0.717, 1.165) is 37.5 Å². The number of rotatable bonds is 1. The molecule has 24 heavy (non-hydrogen) atoms. The molecule has 2 fully saturated rings. The Morgan fingerprint density at radius 1 is 1.25 bits per heavy atom. The van der Waals surface area contributed by atoms with Gasteiger partial charge in [0.05, 0.1) is 11.7 Å². The largest absolute Gasteiger partial charge is 0.392 e. The Morgan fingerprint density at radius 3 is 2.83 bits per heavy atom. The van der Waals surface area contributed by atoms with Crippen LogP contribution in [0.25, 0.3) is 10.9 Å². The van der Waals surface area contributed by atoms with Crippen molar-refractivity contribution in [3.63, 3.8) is 0 Å². The lowest BCUT2D eigenvalue weighted by atomic mass is 9.76. The van der Waals surface area contributed by atoms with E-state index in [1.807, 2.05) is 29.2 Å². The third kappa shape index (κ3) is 2.44. The highest BCUT2D eigenvalue weighted by atomic mass is 16.3. The highest BCUT2D eigenvalue weighted by Gasteiger charge is 2.45. The lowest BCUT2D eigenvalue weighted by Crippen LogP contribution is -2.49. The van der Waals surface area contributed by atoms with Gasteiger partial charge in [-0.3, -0.25) is 9.59 Å². The number of aliphatic hydroxyl groups excluding tert-OH is 1. The maximum atomic E-state index is 13.1. The molecule has 0 bridgehead atoms. The van der Waals surface area contributed by atoms with Crippen molar-refractivity contribution < 1.29 is 9.90 Å². The van der Waals surface area contributed by atoms with Crippen LogP contribution in [0.4, 0.5) is 0 Å². The van der Waals surface area contributed by atoms with Gasteiger partial charge in [0.25, 0.3) is 5.91 Å². The zero-order chi connectivity index (χ0) is 16.7. The lowest BCUT2D eigenvalue weighted by Gasteiger charge is -2.42. The smallest absolute Gasteiger partial charge is 0.254 e. The number of fused-ring (bicyclic) bond motifs is 1. The molecule has 2 heterocycles. The highest BCUT2D eigenvalue weighted by molar-refractivity contribution is 6.06. The average molecular weight is 326 g/mol. The minimum absolute atomic E-state index is 0.101. The van der Waals surface area contributed by atoms with Crippen molar-refractivity contribution in [3.05, 3.63) is 46.2 Å². The van der Waals surface area contributed by atoms with Crippen molar-refractivity contribution >= 4 is 16.8 Å². The molecule has 1 aromatic heterocycles. The number of hydrogen-bond donors (Lipinski definition) is 2. The van der Waals surface area contributed by atoms with Crippen molar-refractivity contribution in [2.45, 2.75) is 38.2 Å². The summed E-state index contributed by atoms with van der Waals surface area (Å²) in [5.74, 6) is -0.101. The number of nitrogens with zero attached hydrogens (tertiary/aromatic N) is 1. The number of amides is 1. The zero-order valence-electron chi connectivity index (χ0n) is 13.6. The molecule has 1 aliphatic carbocycles. The first-order chi connectivity index (χ1) is 11.6. The first-order valence-electron chi connectivity index (χ1n) is 8.68. The second kappa shape index (κ2) is 5.74. The van der Waals surface area contributed by atoms with Gasteiger partial charge in [-0.15, -0.1) is 0 Å². The van der Waals surface area contributed by atoms with E-state index >= 15 is 0 Å². The molecule has 126 valence electrons. The Morgan fingerprint density at radius 2 is 2.04 bits per heavy atom. The second-order valence-corrected chi connectivity index (χ2v) is 7.19. The molecular weight excluding hydrogens is 304 g/mol. The second-order valence-electron chi connectivity index (χ2n) is 7.19. The topological polar surface area (TPSA) is 73.4 Å². The quantitative estimate of drug-likeness (QED) is 0.844. The van der Waals surface area contributed by atoms with Gasteiger partial charge in [-0.2, -0.15) is 0 Å². The predicted molar refractivity (Wildman–Crippen MR) is 92.0 cm³/mol. The minimum Gasteiger partial charge on any atom is -0.392 e. The van der Waals surface area contributed by atoms with Crippen LogP contribution in [0.15, 0.2) is 35.1 Å². The molecule has 1 aliphatic heterocycles. The van der Waals surface area contributed by atoms with Crippen LogP contribution in [0.2, 0.25) is 0 Å². The standard InChI is InChI=1S/C19H22N2O3/c22-16-7-3-8-19(16)9-4-10-21(12-19)18(24)14-11-17(23)20-15-6-2-1-5-13(14)15/h1-2,5-6,11,16,22H,3-4,7-10,12H2,(H,20,23)/t16-,19+/m1/s1. The fourth-order valence-electron chi connectivity index (χ4n) is 4.48. The van der Waals surface area contributed by atoms with Gasteiger partial charge in [0, 0.05) is 35.5 Å². The van der Waals surface area contributed by atoms with Crippen LogP contribution in [-0.2, 0) is 0 Å². The Hall–Kier alpha value is -2.14. The van der Waals surface area contributed by atoms with Gasteiger partial charge < -0.3 is 15.0 Å². The number of aromatic amines is 1. The summed E-state index contributed by atoms with van der Waals surface area (Å²) in [5, 5.41) is 11.2. The van der Waals surface area contributed by atoms with Crippen LogP contribution in [0.5, 0.6) is 0 Å². The summed E-state index contributed by atoms with van der Waals surface area (Å²) < 4.78 is 0. The van der Waals surface area contributed by atoms with Crippen LogP contribution in [-0.4, -0.2) is 40.1 Å². The van der Waals surface area contributed by atoms with Gasteiger partial charge >= 0.3 is 0 Å². The van der Waals surface area contributed by atoms with Gasteiger partial charge in [0.1, 0.15) is 0 Å². The summed E-state index contributed by atoms with van der Waals surface area (Å²) in [6, 6.07) is 8.79. The van der Waals surface area contributed by atoms with Crippen molar-refractivity contribution in [1.82, 2.24) is 9.88 Å². The van der Waals surface area contributed by atoms with Crippen molar-refractivity contribution in [2.24, 2.45) is 5.41 Å². The molecule has 1 saturated heterocycles. The average Bonchev–Trinajstić information content (AvgIpc) is 2.93. The number of hydrogen-bond acceptors (Lipinski definition) is 3. The number of benzene rings is 1. The van der Waals surface area contributed by atoms with Gasteiger partial charge in [-0.1, -0.05) is 24.6 Å². The molecule has 0 unspecified atom stereocenters. The molecule has 0 radical (unpaired) electrons. The van der Waals surface area contributed by atoms with Crippen LogP contribution in [0.1, 0.15) is 42.5 Å². The van der Waals surface area contributed by atoms with E-state index < -0.39 is 0 Å². The SMILES string of the molecule is O=C(c1cc(=O)[nH]c2ccccc12)N1CCC[C@@]2(CCC[C@H]2O)C1. The molecule has 2 atom stereocenters. The van der Waals surface area contributed by atoms with E-state index in [9.17, 15) is 14.7 Å². The van der Waals surface area contributed by atoms with E-state index in [2.05, 4.69) is 4.98 Å². The Labute approximate surface area is 140 Å². The number of carbonyl (C=O) groups is 1. The van der Waals surface area contributed by atoms with Crippen molar-refractivity contribution in [1.29, 1.82) is 0 Å². The summed E-state index contributed by atoms with van der Waals surface area (Å²) in [7, 11) is 0. The predicted octanol–water partition coefficient (Wildman–Crippen LogP) is 2.30. The van der Waals surface area contributed by atoms with Crippen LogP contribution in [0.3, 0.4) is 0 Å². The van der Waals surface area contributed by atoms with E-state index in [1.165, 1.54) is 6.07 Å². The van der Waals surface area contributed by atoms with E-state index in [4.69, 9.17) is 0 Å². The number of aliphatic hydroxyl groups is 1. The van der Waals surface area contributed by atoms with E-state index in [1.54, 1.807) is 0 Å². The van der Waals surface area contributed by atoms with Crippen molar-refractivity contribution in [2.75, 3.05) is 13.1 Å². The normalized spacial score (nSPS) is 27.0. The van der Waals surface area contributed by atoms with Gasteiger partial charge in [-0.05, 0) is 31.7 Å². The Kier molecular flexibility index (Phi) is 3.68. The molecule has 5 heteroatoms. The van der Waals surface area contributed by atoms with E-state index in [-0.39, 0.29) is 23.0 Å². The van der Waals surface area contributed by atoms with Crippen molar-refractivity contribution in [3.8, 4) is 0 Å². The number of carbonyl (C=O) groups excluding carboxylic acids is 1. The number of nitrogens with one attached hydrogen (secondary N) is 1. The molecule has 2 aromatic rings. The molecule has 1 amide bonds. The summed E-state index contributed by atoms with van der Waals surface area (Å²) in [5.41, 5.74) is 0.731. The van der Waals surface area contributed by atoms with E-state index in [0.29, 0.717) is 24.2 Å². The summed E-state index contributed by atoms with van der Waals surface area (Å²) in [6.45, 7) is 1.28. The Bertz CT molecular complexity index is 844. The first-order valence-corrected chi connectivity index (χ1v) is 8.68. The minimum atomic E-state index is -0.316. The number of likely N-dealkylation sites (tertiary alicyclic amines) is 1. The molecule has 1 aromatic carbocycles. The fraction of sp³-hybridized carbons (Fsp3) is 0.474. The molecule has 5 nitrogen and oxygen atoms in total. The molecule has 1 spiro atoms. The molecule has 2 N–H and O–H groups in total. The number of pyridine rings is 1. The van der Waals surface area contributed by atoms with Crippen LogP contribution < -0.4 is 5.56 Å². The van der Waals surface area contributed by atoms with Crippen LogP contribution >= 0.6 is 0 Å². The third-order valence-corrected chi connectivity index (χ3v) is 5.74. The molecule has 1 saturated carbocycles. The number of H-pyrrole nitrogens is 1. The third-order valence-electron chi connectivity index (χ3n) is 5.74.